The molecule has 0 bridgehead atoms. The first-order chi connectivity index (χ1) is 32.5. The smallest absolute Gasteiger partial charge is 0.305 e. The van der Waals surface area contributed by atoms with Gasteiger partial charge in [0.15, 0.2) is 0 Å². The van der Waals surface area contributed by atoms with E-state index in [-0.39, 0.29) is 18.5 Å². The third kappa shape index (κ3) is 51.7. The van der Waals surface area contributed by atoms with Gasteiger partial charge in [-0.2, -0.15) is 0 Å². The molecule has 3 N–H and O–H groups in total. The number of carbonyl (C=O) groups excluding carboxylic acids is 2. The van der Waals surface area contributed by atoms with E-state index < -0.39 is 12.1 Å². The number of esters is 1. The highest BCUT2D eigenvalue weighted by molar-refractivity contribution is 5.76. The van der Waals surface area contributed by atoms with Crippen LogP contribution in [-0.4, -0.2) is 47.4 Å². The molecular weight excluding hydrogens is 815 g/mol. The van der Waals surface area contributed by atoms with E-state index >= 15 is 0 Å². The van der Waals surface area contributed by atoms with Gasteiger partial charge in [0.2, 0.25) is 5.91 Å². The van der Waals surface area contributed by atoms with Gasteiger partial charge in [0.05, 0.1) is 25.4 Å². The third-order valence-electron chi connectivity index (χ3n) is 13.7. The first-order valence-electron chi connectivity index (χ1n) is 29.6. The van der Waals surface area contributed by atoms with E-state index in [0.717, 1.165) is 57.8 Å². The number of aliphatic hydroxyl groups excluding tert-OH is 2. The van der Waals surface area contributed by atoms with Crippen LogP contribution in [-0.2, 0) is 14.3 Å². The Labute approximate surface area is 411 Å². The van der Waals surface area contributed by atoms with Crippen LogP contribution in [0.5, 0.6) is 0 Å². The third-order valence-corrected chi connectivity index (χ3v) is 13.7. The zero-order chi connectivity index (χ0) is 47.9. The average Bonchev–Trinajstić information content (AvgIpc) is 3.32. The zero-order valence-electron chi connectivity index (χ0n) is 44.4. The van der Waals surface area contributed by atoms with E-state index in [1.165, 1.54) is 231 Å². The van der Waals surface area contributed by atoms with Crippen molar-refractivity contribution in [2.75, 3.05) is 13.2 Å². The van der Waals surface area contributed by atoms with E-state index in [0.29, 0.717) is 25.9 Å². The standard InChI is InChI=1S/C60H115NO5/c1-3-5-7-9-11-13-15-17-19-25-28-32-36-40-44-48-52-58(63)57(56-62)61-59(64)53-49-45-41-37-33-29-26-22-20-21-23-27-31-35-39-43-47-51-55-66-60(65)54-50-46-42-38-34-30-24-18-16-14-12-10-8-6-4-2/h18,22,24,26,57-58,62-63H,3-17,19-21,23,25,27-56H2,1-2H3,(H,61,64)/b24-18-,26-22-. The van der Waals surface area contributed by atoms with E-state index in [1.807, 2.05) is 0 Å². The maximum atomic E-state index is 12.5. The lowest BCUT2D eigenvalue weighted by Gasteiger charge is -2.22. The van der Waals surface area contributed by atoms with Gasteiger partial charge >= 0.3 is 5.97 Å². The number of rotatable bonds is 55. The van der Waals surface area contributed by atoms with Crippen LogP contribution >= 0.6 is 0 Å². The largest absolute Gasteiger partial charge is 0.466 e. The highest BCUT2D eigenvalue weighted by Crippen LogP contribution is 2.17. The first-order valence-corrected chi connectivity index (χ1v) is 29.6. The van der Waals surface area contributed by atoms with E-state index in [2.05, 4.69) is 43.5 Å². The molecule has 0 aliphatic heterocycles. The molecule has 0 spiro atoms. The Balaban J connectivity index is 3.45. The maximum Gasteiger partial charge on any atom is 0.305 e. The molecule has 0 saturated carbocycles. The van der Waals surface area contributed by atoms with Gasteiger partial charge in [-0.25, -0.2) is 0 Å². The normalized spacial score (nSPS) is 12.7. The molecule has 1 amide bonds. The molecule has 66 heavy (non-hydrogen) atoms. The summed E-state index contributed by atoms with van der Waals surface area (Å²) in [7, 11) is 0. The van der Waals surface area contributed by atoms with Crippen LogP contribution in [0.4, 0.5) is 0 Å². The van der Waals surface area contributed by atoms with Crippen LogP contribution in [0.15, 0.2) is 24.3 Å². The lowest BCUT2D eigenvalue weighted by Crippen LogP contribution is -2.45. The topological polar surface area (TPSA) is 95.9 Å². The van der Waals surface area contributed by atoms with Crippen molar-refractivity contribution in [2.45, 2.75) is 334 Å². The van der Waals surface area contributed by atoms with Gasteiger partial charge in [-0.05, 0) is 77.0 Å². The number of unbranched alkanes of at least 4 members (excludes halogenated alkanes) is 40. The molecule has 0 rings (SSSR count). The van der Waals surface area contributed by atoms with Crippen LogP contribution < -0.4 is 5.32 Å². The fraction of sp³-hybridized carbons (Fsp3) is 0.900. The number of hydrogen-bond donors (Lipinski definition) is 3. The summed E-state index contributed by atoms with van der Waals surface area (Å²) in [6.45, 7) is 4.94. The number of ether oxygens (including phenoxy) is 1. The van der Waals surface area contributed by atoms with Gasteiger partial charge in [-0.15, -0.1) is 0 Å². The Morgan fingerprint density at radius 2 is 0.712 bits per heavy atom. The zero-order valence-corrected chi connectivity index (χ0v) is 44.4. The molecule has 0 aromatic heterocycles. The van der Waals surface area contributed by atoms with Crippen molar-refractivity contribution in [3.8, 4) is 0 Å². The molecule has 6 nitrogen and oxygen atoms in total. The summed E-state index contributed by atoms with van der Waals surface area (Å²) < 4.78 is 5.47. The molecule has 0 fully saturated rings. The molecule has 0 aliphatic rings. The maximum absolute atomic E-state index is 12.5. The van der Waals surface area contributed by atoms with Crippen molar-refractivity contribution in [2.24, 2.45) is 0 Å². The minimum atomic E-state index is -0.673. The average molecular weight is 931 g/mol. The summed E-state index contributed by atoms with van der Waals surface area (Å²) in [5.41, 5.74) is 0. The molecule has 0 heterocycles. The highest BCUT2D eigenvalue weighted by atomic mass is 16.5. The second kappa shape index (κ2) is 55.9. The fourth-order valence-electron chi connectivity index (χ4n) is 9.16. The summed E-state index contributed by atoms with van der Waals surface area (Å²) in [6.07, 6.45) is 67.4. The molecule has 0 aliphatic carbocycles. The SMILES string of the molecule is CCCCCCCC/C=C\CCCCCCCC(=O)OCCCCCCCCCCC/C=C\CCCCCCCC(=O)NC(CO)C(O)CCCCCCCCCCCCCCCCCC. The van der Waals surface area contributed by atoms with Gasteiger partial charge in [-0.3, -0.25) is 9.59 Å². The monoisotopic (exact) mass is 930 g/mol. The lowest BCUT2D eigenvalue weighted by atomic mass is 10.0. The van der Waals surface area contributed by atoms with Gasteiger partial charge in [0.1, 0.15) is 0 Å². The predicted molar refractivity (Wildman–Crippen MR) is 287 cm³/mol. The van der Waals surface area contributed by atoms with Crippen molar-refractivity contribution in [3.05, 3.63) is 24.3 Å². The molecular formula is C60H115NO5. The van der Waals surface area contributed by atoms with Gasteiger partial charge in [0, 0.05) is 12.8 Å². The van der Waals surface area contributed by atoms with Crippen LogP contribution in [0.1, 0.15) is 322 Å². The molecule has 390 valence electrons. The Bertz CT molecular complexity index is 1030. The molecule has 2 unspecified atom stereocenters. The fourth-order valence-corrected chi connectivity index (χ4v) is 9.16. The van der Waals surface area contributed by atoms with Crippen molar-refractivity contribution in [3.63, 3.8) is 0 Å². The van der Waals surface area contributed by atoms with Gasteiger partial charge in [-0.1, -0.05) is 256 Å². The molecule has 0 aromatic carbocycles. The second-order valence-electron chi connectivity index (χ2n) is 20.3. The van der Waals surface area contributed by atoms with Crippen LogP contribution in [0, 0.1) is 0 Å². The van der Waals surface area contributed by atoms with Crippen LogP contribution in [0.3, 0.4) is 0 Å². The van der Waals surface area contributed by atoms with E-state index in [1.54, 1.807) is 0 Å². The van der Waals surface area contributed by atoms with Crippen molar-refractivity contribution >= 4 is 11.9 Å². The Kier molecular flexibility index (Phi) is 54.5. The van der Waals surface area contributed by atoms with Crippen molar-refractivity contribution in [1.82, 2.24) is 5.32 Å². The Hall–Kier alpha value is -1.66. The van der Waals surface area contributed by atoms with E-state index in [4.69, 9.17) is 4.74 Å². The molecule has 0 aromatic rings. The lowest BCUT2D eigenvalue weighted by molar-refractivity contribution is -0.143. The minimum absolute atomic E-state index is 0.00463. The number of hydrogen-bond acceptors (Lipinski definition) is 5. The quantitative estimate of drug-likeness (QED) is 0.0321. The second-order valence-corrected chi connectivity index (χ2v) is 20.3. The summed E-state index contributed by atoms with van der Waals surface area (Å²) in [5, 5.41) is 23.3. The molecule has 2 atom stereocenters. The summed E-state index contributed by atoms with van der Waals surface area (Å²) in [6, 6.07) is -0.551. The summed E-state index contributed by atoms with van der Waals surface area (Å²) in [5.74, 6) is -0.0524. The Morgan fingerprint density at radius 3 is 1.08 bits per heavy atom. The predicted octanol–water partition coefficient (Wildman–Crippen LogP) is 18.2. The van der Waals surface area contributed by atoms with Crippen LogP contribution in [0.2, 0.25) is 0 Å². The number of allylic oxidation sites excluding steroid dienone is 4. The van der Waals surface area contributed by atoms with Gasteiger partial charge < -0.3 is 20.3 Å². The van der Waals surface area contributed by atoms with Gasteiger partial charge in [0.25, 0.3) is 0 Å². The van der Waals surface area contributed by atoms with Crippen molar-refractivity contribution < 1.29 is 24.5 Å². The summed E-state index contributed by atoms with van der Waals surface area (Å²) in [4.78, 5) is 24.5. The number of carbonyl (C=O) groups is 2. The summed E-state index contributed by atoms with van der Waals surface area (Å²) >= 11 is 0. The van der Waals surface area contributed by atoms with Crippen LogP contribution in [0.25, 0.3) is 0 Å². The molecule has 0 saturated heterocycles. The first kappa shape index (κ1) is 64.3. The number of nitrogens with one attached hydrogen (secondary N) is 1. The molecule has 0 radical (unpaired) electrons. The van der Waals surface area contributed by atoms with Crippen molar-refractivity contribution in [1.29, 1.82) is 0 Å². The minimum Gasteiger partial charge on any atom is -0.466 e. The highest BCUT2D eigenvalue weighted by Gasteiger charge is 2.20. The number of amides is 1. The Morgan fingerprint density at radius 1 is 0.409 bits per heavy atom. The number of aliphatic hydroxyl groups is 2. The van der Waals surface area contributed by atoms with E-state index in [9.17, 15) is 19.8 Å². The molecule has 6 heteroatoms.